The molecular formula is C13H21Cl2N3O. The van der Waals surface area contributed by atoms with Crippen molar-refractivity contribution in [1.82, 2.24) is 15.8 Å². The number of hydrogen-bond acceptors (Lipinski definition) is 4. The lowest BCUT2D eigenvalue weighted by molar-refractivity contribution is -0.00825. The Morgan fingerprint density at radius 3 is 2.89 bits per heavy atom. The average molecular weight is 306 g/mol. The molecule has 4 atom stereocenters. The molecule has 2 aliphatic rings. The summed E-state index contributed by atoms with van der Waals surface area (Å²) in [4.78, 5) is 0. The van der Waals surface area contributed by atoms with Crippen molar-refractivity contribution in [2.45, 2.75) is 36.1 Å². The van der Waals surface area contributed by atoms with Gasteiger partial charge in [-0.1, -0.05) is 5.92 Å². The van der Waals surface area contributed by atoms with Crippen LogP contribution in [-0.4, -0.2) is 48.4 Å². The summed E-state index contributed by atoms with van der Waals surface area (Å²) in [5, 5.41) is 5.59. The van der Waals surface area contributed by atoms with Gasteiger partial charge in [-0.15, -0.1) is 29.6 Å². The van der Waals surface area contributed by atoms with Crippen LogP contribution in [-0.2, 0) is 4.74 Å². The number of nitrogens with zero attached hydrogens (tertiary/aromatic N) is 1. The molecule has 0 amide bonds. The summed E-state index contributed by atoms with van der Waals surface area (Å²) in [5.41, 5.74) is 3.25. The van der Waals surface area contributed by atoms with Gasteiger partial charge in [0, 0.05) is 23.2 Å². The van der Waals surface area contributed by atoms with Gasteiger partial charge in [0.2, 0.25) is 0 Å². The van der Waals surface area contributed by atoms with E-state index in [1.165, 1.54) is 0 Å². The second-order valence-electron chi connectivity index (χ2n) is 5.11. The number of halogens is 2. The molecule has 1 saturated carbocycles. The highest BCUT2D eigenvalue weighted by Crippen LogP contribution is 2.35. The number of alkyl halides is 2. The van der Waals surface area contributed by atoms with E-state index in [1.54, 1.807) is 0 Å². The molecule has 2 fully saturated rings. The zero-order valence-electron chi connectivity index (χ0n) is 10.9. The fourth-order valence-corrected chi connectivity index (χ4v) is 3.65. The molecule has 0 aromatic carbocycles. The molecule has 0 aromatic heterocycles. The van der Waals surface area contributed by atoms with Gasteiger partial charge < -0.3 is 4.74 Å². The van der Waals surface area contributed by atoms with E-state index >= 15 is 0 Å². The van der Waals surface area contributed by atoms with Crippen molar-refractivity contribution in [1.29, 1.82) is 0 Å². The van der Waals surface area contributed by atoms with Crippen molar-refractivity contribution in [3.63, 3.8) is 0 Å². The molecule has 0 aromatic rings. The summed E-state index contributed by atoms with van der Waals surface area (Å²) in [6, 6.07) is 0. The maximum atomic E-state index is 6.47. The number of hydrogen-bond donors (Lipinski definition) is 2. The fourth-order valence-electron chi connectivity index (χ4n) is 2.74. The van der Waals surface area contributed by atoms with Gasteiger partial charge in [0.25, 0.3) is 0 Å². The molecule has 4 nitrogen and oxygen atoms in total. The molecule has 2 N–H and O–H groups in total. The van der Waals surface area contributed by atoms with E-state index in [2.05, 4.69) is 21.7 Å². The van der Waals surface area contributed by atoms with E-state index in [-0.39, 0.29) is 16.9 Å². The Morgan fingerprint density at radius 1 is 1.42 bits per heavy atom. The highest BCUT2D eigenvalue weighted by Gasteiger charge is 2.35. The molecule has 0 spiro atoms. The number of hydrazine groups is 1. The van der Waals surface area contributed by atoms with Gasteiger partial charge in [-0.2, -0.15) is 0 Å². The van der Waals surface area contributed by atoms with Gasteiger partial charge in [-0.25, -0.2) is 10.4 Å². The molecule has 0 bridgehead atoms. The summed E-state index contributed by atoms with van der Waals surface area (Å²) in [6.45, 7) is 2.72. The molecule has 19 heavy (non-hydrogen) atoms. The Balaban J connectivity index is 1.93. The van der Waals surface area contributed by atoms with Crippen molar-refractivity contribution in [3.05, 3.63) is 0 Å². The first-order valence-corrected chi connectivity index (χ1v) is 7.60. The minimum atomic E-state index is 0.0510. The monoisotopic (exact) mass is 305 g/mol. The molecule has 1 heterocycles. The quantitative estimate of drug-likeness (QED) is 0.594. The average Bonchev–Trinajstić information content (AvgIpc) is 2.88. The van der Waals surface area contributed by atoms with Crippen LogP contribution in [0.3, 0.4) is 0 Å². The van der Waals surface area contributed by atoms with Crippen LogP contribution in [0.2, 0.25) is 0 Å². The summed E-state index contributed by atoms with van der Waals surface area (Å²) in [7, 11) is 0. The van der Waals surface area contributed by atoms with Gasteiger partial charge >= 0.3 is 0 Å². The van der Waals surface area contributed by atoms with Crippen molar-refractivity contribution in [3.8, 4) is 12.3 Å². The van der Waals surface area contributed by atoms with Gasteiger partial charge in [-0.05, 0) is 19.3 Å². The molecule has 1 aliphatic carbocycles. The fraction of sp³-hybridized carbons (Fsp3) is 0.846. The lowest BCUT2D eigenvalue weighted by Crippen LogP contribution is -2.46. The van der Waals surface area contributed by atoms with Crippen LogP contribution in [0.15, 0.2) is 0 Å². The molecule has 6 heteroatoms. The molecule has 0 radical (unpaired) electrons. The Kier molecular flexibility index (Phi) is 6.21. The van der Waals surface area contributed by atoms with E-state index in [0.717, 1.165) is 39.1 Å². The van der Waals surface area contributed by atoms with Crippen molar-refractivity contribution in [2.24, 2.45) is 5.92 Å². The van der Waals surface area contributed by atoms with Crippen molar-refractivity contribution < 1.29 is 4.74 Å². The first-order valence-electron chi connectivity index (χ1n) is 6.73. The Morgan fingerprint density at radius 2 is 2.26 bits per heavy atom. The van der Waals surface area contributed by atoms with E-state index < -0.39 is 0 Å². The van der Waals surface area contributed by atoms with Crippen LogP contribution in [0.5, 0.6) is 0 Å². The van der Waals surface area contributed by atoms with Crippen LogP contribution in [0, 0.1) is 18.3 Å². The topological polar surface area (TPSA) is 36.5 Å². The van der Waals surface area contributed by atoms with Crippen LogP contribution >= 0.6 is 23.2 Å². The van der Waals surface area contributed by atoms with Crippen LogP contribution < -0.4 is 10.7 Å². The summed E-state index contributed by atoms with van der Waals surface area (Å²) < 4.78 is 5.83. The van der Waals surface area contributed by atoms with E-state index in [4.69, 9.17) is 34.4 Å². The highest BCUT2D eigenvalue weighted by molar-refractivity contribution is 6.24. The first kappa shape index (κ1) is 15.4. The van der Waals surface area contributed by atoms with E-state index in [9.17, 15) is 0 Å². The molecule has 1 saturated heterocycles. The molecular weight excluding hydrogens is 285 g/mol. The lowest BCUT2D eigenvalue weighted by atomic mass is 9.84. The summed E-state index contributed by atoms with van der Waals surface area (Å²) in [6.07, 6.45) is 8.19. The maximum Gasteiger partial charge on any atom is 0.107 e. The van der Waals surface area contributed by atoms with Gasteiger partial charge in [0.05, 0.1) is 19.4 Å². The Hall–Kier alpha value is -0.0200. The summed E-state index contributed by atoms with van der Waals surface area (Å²) in [5.74, 6) is 2.85. The smallest absolute Gasteiger partial charge is 0.107 e. The number of ether oxygens (including phenoxy) is 1. The van der Waals surface area contributed by atoms with Crippen LogP contribution in [0.1, 0.15) is 19.3 Å². The lowest BCUT2D eigenvalue weighted by Gasteiger charge is -2.36. The van der Waals surface area contributed by atoms with Gasteiger partial charge in [0.15, 0.2) is 0 Å². The molecule has 4 unspecified atom stereocenters. The second kappa shape index (κ2) is 7.68. The van der Waals surface area contributed by atoms with Gasteiger partial charge in [0.1, 0.15) is 6.61 Å². The Bertz CT molecular complexity index is 318. The molecule has 108 valence electrons. The van der Waals surface area contributed by atoms with Crippen molar-refractivity contribution in [2.75, 3.05) is 26.5 Å². The van der Waals surface area contributed by atoms with Crippen LogP contribution in [0.25, 0.3) is 0 Å². The van der Waals surface area contributed by atoms with Crippen LogP contribution in [0.4, 0.5) is 0 Å². The minimum absolute atomic E-state index is 0.0510. The largest absolute Gasteiger partial charge is 0.364 e. The third-order valence-corrected chi connectivity index (χ3v) is 4.65. The number of nitrogens with one attached hydrogen (secondary N) is 2. The first-order chi connectivity index (χ1) is 9.20. The number of terminal acetylenes is 1. The normalized spacial score (nSPS) is 34.1. The standard InChI is InChI=1S/C13H21Cl2N3O/c1-2-5-19-13(7-18-9-16-8-17-18)11-4-3-10(14)6-12(11)15/h1,10-13,16-17H,3-9H2. The zero-order valence-corrected chi connectivity index (χ0v) is 12.5. The Labute approximate surface area is 125 Å². The second-order valence-corrected chi connectivity index (χ2v) is 6.29. The summed E-state index contributed by atoms with van der Waals surface area (Å²) >= 11 is 12.6. The van der Waals surface area contributed by atoms with E-state index in [0.29, 0.717) is 12.5 Å². The molecule has 2 rings (SSSR count). The third-order valence-electron chi connectivity index (χ3n) is 3.75. The SMILES string of the molecule is C#CCOC(CN1CNCN1)C1CCC(Cl)CC1Cl. The zero-order chi connectivity index (χ0) is 13.7. The maximum absolute atomic E-state index is 6.47. The van der Waals surface area contributed by atoms with Gasteiger partial charge in [-0.3, -0.25) is 5.32 Å². The predicted octanol–water partition coefficient (Wildman–Crippen LogP) is 1.34. The highest BCUT2D eigenvalue weighted by atomic mass is 35.5. The minimum Gasteiger partial charge on any atom is -0.364 e. The predicted molar refractivity (Wildman–Crippen MR) is 77.9 cm³/mol. The van der Waals surface area contributed by atoms with E-state index in [1.807, 2.05) is 0 Å². The third kappa shape index (κ3) is 4.49. The number of rotatable bonds is 5. The van der Waals surface area contributed by atoms with Crippen molar-refractivity contribution >= 4 is 23.2 Å². The molecule has 1 aliphatic heterocycles.